The predicted octanol–water partition coefficient (Wildman–Crippen LogP) is 0.784. The first-order chi connectivity index (χ1) is 9.10. The van der Waals surface area contributed by atoms with Crippen molar-refractivity contribution in [3.05, 3.63) is 10.7 Å². The largest absolute Gasteiger partial charge is 0.392 e. The molecular formula is C12H20BrN5O. The highest BCUT2D eigenvalue weighted by atomic mass is 79.9. The van der Waals surface area contributed by atoms with Crippen molar-refractivity contribution in [3.63, 3.8) is 0 Å². The number of nitrogens with zero attached hydrogens (tertiary/aromatic N) is 4. The van der Waals surface area contributed by atoms with Gasteiger partial charge >= 0.3 is 0 Å². The first-order valence-corrected chi connectivity index (χ1v) is 7.25. The number of rotatable bonds is 4. The van der Waals surface area contributed by atoms with Crippen molar-refractivity contribution >= 4 is 27.7 Å². The second-order valence-corrected chi connectivity index (χ2v) is 5.61. The van der Waals surface area contributed by atoms with Crippen LogP contribution in [0.25, 0.3) is 0 Å². The van der Waals surface area contributed by atoms with Gasteiger partial charge in [0.05, 0.1) is 10.6 Å². The predicted molar refractivity (Wildman–Crippen MR) is 79.6 cm³/mol. The summed E-state index contributed by atoms with van der Waals surface area (Å²) in [7, 11) is 1.84. The highest BCUT2D eigenvalue weighted by molar-refractivity contribution is 9.10. The Morgan fingerprint density at radius 2 is 2.11 bits per heavy atom. The third-order valence-corrected chi connectivity index (χ3v) is 3.73. The highest BCUT2D eigenvalue weighted by Crippen LogP contribution is 2.21. The monoisotopic (exact) mass is 329 g/mol. The number of nitrogens with one attached hydrogen (secondary N) is 1. The second kappa shape index (κ2) is 6.49. The number of halogens is 1. The summed E-state index contributed by atoms with van der Waals surface area (Å²) < 4.78 is 0.867. The first kappa shape index (κ1) is 14.5. The molecule has 1 atom stereocenters. The van der Waals surface area contributed by atoms with Gasteiger partial charge in [0.2, 0.25) is 5.95 Å². The molecule has 0 amide bonds. The Labute approximate surface area is 122 Å². The second-order valence-electron chi connectivity index (χ2n) is 4.75. The highest BCUT2D eigenvalue weighted by Gasteiger charge is 2.20. The minimum absolute atomic E-state index is 0.272. The molecule has 1 fully saturated rings. The van der Waals surface area contributed by atoms with E-state index in [4.69, 9.17) is 0 Å². The maximum absolute atomic E-state index is 9.39. The van der Waals surface area contributed by atoms with Crippen LogP contribution in [0.4, 0.5) is 11.8 Å². The lowest BCUT2D eigenvalue weighted by Crippen LogP contribution is -2.48. The van der Waals surface area contributed by atoms with E-state index in [-0.39, 0.29) is 6.10 Å². The summed E-state index contributed by atoms with van der Waals surface area (Å²) in [5.41, 5.74) is 0. The minimum Gasteiger partial charge on any atom is -0.392 e. The van der Waals surface area contributed by atoms with Crippen molar-refractivity contribution < 1.29 is 5.11 Å². The minimum atomic E-state index is -0.272. The molecule has 106 valence electrons. The molecule has 0 aliphatic carbocycles. The molecule has 1 aromatic rings. The van der Waals surface area contributed by atoms with E-state index in [1.807, 2.05) is 14.0 Å². The molecule has 0 saturated carbocycles. The fourth-order valence-electron chi connectivity index (χ4n) is 2.19. The first-order valence-electron chi connectivity index (χ1n) is 6.46. The number of anilines is 2. The van der Waals surface area contributed by atoms with Crippen LogP contribution in [-0.4, -0.2) is 65.8 Å². The summed E-state index contributed by atoms with van der Waals surface area (Å²) in [6, 6.07) is 0. The number of aliphatic hydroxyl groups is 1. The smallest absolute Gasteiger partial charge is 0.227 e. The van der Waals surface area contributed by atoms with Crippen molar-refractivity contribution in [1.82, 2.24) is 14.9 Å². The van der Waals surface area contributed by atoms with Gasteiger partial charge in [-0.15, -0.1) is 0 Å². The summed E-state index contributed by atoms with van der Waals surface area (Å²) in [6.07, 6.45) is 1.50. The summed E-state index contributed by atoms with van der Waals surface area (Å²) in [4.78, 5) is 13.3. The van der Waals surface area contributed by atoms with Crippen LogP contribution in [0.1, 0.15) is 6.92 Å². The summed E-state index contributed by atoms with van der Waals surface area (Å²) in [5, 5.41) is 12.4. The molecule has 1 aromatic heterocycles. The fourth-order valence-corrected chi connectivity index (χ4v) is 2.58. The topological polar surface area (TPSA) is 64.5 Å². The number of aliphatic hydroxyl groups excluding tert-OH is 1. The summed E-state index contributed by atoms with van der Waals surface area (Å²) in [6.45, 7) is 6.19. The molecule has 19 heavy (non-hydrogen) atoms. The van der Waals surface area contributed by atoms with Crippen molar-refractivity contribution in [1.29, 1.82) is 0 Å². The molecule has 0 unspecified atom stereocenters. The molecule has 0 aromatic carbocycles. The summed E-state index contributed by atoms with van der Waals surface area (Å²) >= 11 is 3.41. The number of hydrogen-bond donors (Lipinski definition) is 2. The van der Waals surface area contributed by atoms with Crippen LogP contribution in [0.15, 0.2) is 10.7 Å². The Hall–Kier alpha value is -0.920. The molecule has 2 heterocycles. The number of aromatic nitrogens is 2. The quantitative estimate of drug-likeness (QED) is 0.851. The van der Waals surface area contributed by atoms with Crippen molar-refractivity contribution in [3.8, 4) is 0 Å². The van der Waals surface area contributed by atoms with E-state index < -0.39 is 0 Å². The van der Waals surface area contributed by atoms with Gasteiger partial charge in [0.15, 0.2) is 0 Å². The van der Waals surface area contributed by atoms with Gasteiger partial charge in [0, 0.05) is 46.0 Å². The molecular weight excluding hydrogens is 310 g/mol. The van der Waals surface area contributed by atoms with Crippen molar-refractivity contribution in [2.75, 3.05) is 50.0 Å². The van der Waals surface area contributed by atoms with Crippen LogP contribution in [0, 0.1) is 0 Å². The molecule has 0 radical (unpaired) electrons. The standard InChI is InChI=1S/C12H20BrN5O/c1-9(19)8-17-3-5-18(6-4-17)12-15-7-10(13)11(14-2)16-12/h7,9,19H,3-6,8H2,1-2H3,(H,14,15,16)/t9-/m1/s1. The maximum Gasteiger partial charge on any atom is 0.227 e. The Morgan fingerprint density at radius 3 is 2.68 bits per heavy atom. The van der Waals surface area contributed by atoms with Gasteiger partial charge < -0.3 is 15.3 Å². The molecule has 0 bridgehead atoms. The molecule has 2 rings (SSSR count). The third-order valence-electron chi connectivity index (χ3n) is 3.15. The number of β-amino-alcohol motifs (C(OH)–C–C–N with tert-alkyl or cyclic N) is 1. The molecule has 1 saturated heterocycles. The Balaban J connectivity index is 1.97. The van der Waals surface area contributed by atoms with E-state index in [9.17, 15) is 5.11 Å². The van der Waals surface area contributed by atoms with Gasteiger partial charge in [0.25, 0.3) is 0 Å². The van der Waals surface area contributed by atoms with Gasteiger partial charge in [-0.25, -0.2) is 4.98 Å². The lowest BCUT2D eigenvalue weighted by molar-refractivity contribution is 0.122. The van der Waals surface area contributed by atoms with Gasteiger partial charge in [-0.2, -0.15) is 4.98 Å². The lowest BCUT2D eigenvalue weighted by atomic mass is 10.3. The van der Waals surface area contributed by atoms with Crippen LogP contribution in [0.2, 0.25) is 0 Å². The maximum atomic E-state index is 9.39. The van der Waals surface area contributed by atoms with Crippen molar-refractivity contribution in [2.45, 2.75) is 13.0 Å². The van der Waals surface area contributed by atoms with Gasteiger partial charge in [-0.3, -0.25) is 4.90 Å². The van der Waals surface area contributed by atoms with Crippen molar-refractivity contribution in [2.24, 2.45) is 0 Å². The van der Waals surface area contributed by atoms with E-state index in [0.717, 1.165) is 49.0 Å². The van der Waals surface area contributed by atoms with Gasteiger partial charge in [-0.1, -0.05) is 0 Å². The van der Waals surface area contributed by atoms with E-state index in [1.165, 1.54) is 0 Å². The summed E-state index contributed by atoms with van der Waals surface area (Å²) in [5.74, 6) is 1.56. The Bertz CT molecular complexity index is 421. The van der Waals surface area contributed by atoms with Crippen LogP contribution in [0.3, 0.4) is 0 Å². The molecule has 2 N–H and O–H groups in total. The average Bonchev–Trinajstić information content (AvgIpc) is 2.40. The lowest BCUT2D eigenvalue weighted by Gasteiger charge is -2.35. The Kier molecular flexibility index (Phi) is 4.95. The molecule has 1 aliphatic rings. The zero-order valence-corrected chi connectivity index (χ0v) is 12.9. The molecule has 1 aliphatic heterocycles. The normalized spacial score (nSPS) is 18.4. The van der Waals surface area contributed by atoms with Crippen LogP contribution in [-0.2, 0) is 0 Å². The zero-order chi connectivity index (χ0) is 13.8. The van der Waals surface area contributed by atoms with E-state index >= 15 is 0 Å². The van der Waals surface area contributed by atoms with E-state index in [1.54, 1.807) is 6.20 Å². The third kappa shape index (κ3) is 3.77. The fraction of sp³-hybridized carbons (Fsp3) is 0.667. The van der Waals surface area contributed by atoms with Crippen LogP contribution in [0.5, 0.6) is 0 Å². The van der Waals surface area contributed by atoms with E-state index in [0.29, 0.717) is 0 Å². The SMILES string of the molecule is CNc1nc(N2CCN(C[C@@H](C)O)CC2)ncc1Br. The number of piperazine rings is 1. The Morgan fingerprint density at radius 1 is 1.42 bits per heavy atom. The molecule has 0 spiro atoms. The van der Waals surface area contributed by atoms with Crippen LogP contribution < -0.4 is 10.2 Å². The van der Waals surface area contributed by atoms with Crippen LogP contribution >= 0.6 is 15.9 Å². The zero-order valence-electron chi connectivity index (χ0n) is 11.3. The average molecular weight is 330 g/mol. The number of hydrogen-bond acceptors (Lipinski definition) is 6. The van der Waals surface area contributed by atoms with Gasteiger partial charge in [-0.05, 0) is 22.9 Å². The molecule has 7 heteroatoms. The van der Waals surface area contributed by atoms with E-state index in [2.05, 4.69) is 41.0 Å². The molecule has 6 nitrogen and oxygen atoms in total. The van der Waals surface area contributed by atoms with Gasteiger partial charge in [0.1, 0.15) is 5.82 Å².